The summed E-state index contributed by atoms with van der Waals surface area (Å²) in [5, 5.41) is 14.3. The number of hydrogen-bond donors (Lipinski definition) is 4. The predicted molar refractivity (Wildman–Crippen MR) is 100 cm³/mol. The molecule has 0 bridgehead atoms. The van der Waals surface area contributed by atoms with Crippen molar-refractivity contribution in [2.24, 2.45) is 0 Å². The first-order chi connectivity index (χ1) is 14.0. The van der Waals surface area contributed by atoms with Crippen LogP contribution in [0.1, 0.15) is 22.0 Å². The molecule has 0 saturated carbocycles. The topological polar surface area (TPSA) is 112 Å². The summed E-state index contributed by atoms with van der Waals surface area (Å²) in [7, 11) is 0. The second-order valence-corrected chi connectivity index (χ2v) is 6.43. The van der Waals surface area contributed by atoms with Gasteiger partial charge in [0.1, 0.15) is 29.2 Å². The molecule has 10 heteroatoms. The van der Waals surface area contributed by atoms with Gasteiger partial charge in [0.05, 0.1) is 5.69 Å². The molecule has 0 radical (unpaired) electrons. The number of carbonyl (C=O) groups excluding carboxylic acids is 2. The molecule has 2 amide bonds. The van der Waals surface area contributed by atoms with E-state index >= 15 is 0 Å². The molecule has 0 fully saturated rings. The summed E-state index contributed by atoms with van der Waals surface area (Å²) < 4.78 is 27.6. The van der Waals surface area contributed by atoms with Crippen molar-refractivity contribution in [3.8, 4) is 0 Å². The van der Waals surface area contributed by atoms with Gasteiger partial charge >= 0.3 is 0 Å². The molecule has 8 nitrogen and oxygen atoms in total. The zero-order valence-corrected chi connectivity index (χ0v) is 15.0. The summed E-state index contributed by atoms with van der Waals surface area (Å²) in [5.41, 5.74) is 0.849. The average Bonchev–Trinajstić information content (AvgIpc) is 3.11. The highest BCUT2D eigenvalue weighted by Crippen LogP contribution is 2.26. The lowest BCUT2D eigenvalue weighted by molar-refractivity contribution is -0.117. The Kier molecular flexibility index (Phi) is 4.90. The number of aromatic amines is 1. The summed E-state index contributed by atoms with van der Waals surface area (Å²) >= 11 is 0. The summed E-state index contributed by atoms with van der Waals surface area (Å²) in [6.45, 7) is 0.0561. The summed E-state index contributed by atoms with van der Waals surface area (Å²) in [6, 6.07) is 9.60. The molecule has 0 spiro atoms. The smallest absolute Gasteiger partial charge is 0.291 e. The normalized spacial score (nSPS) is 15.7. The Bertz CT molecular complexity index is 1080. The van der Waals surface area contributed by atoms with Gasteiger partial charge in [0.15, 0.2) is 0 Å². The number of carbonyl (C=O) groups is 2. The Balaban J connectivity index is 1.44. The maximum Gasteiger partial charge on any atom is 0.291 e. The molecule has 148 valence electrons. The second-order valence-electron chi connectivity index (χ2n) is 6.43. The number of rotatable bonds is 4. The molecular weight excluding hydrogens is 382 g/mol. The van der Waals surface area contributed by atoms with Gasteiger partial charge in [0.25, 0.3) is 5.91 Å². The predicted octanol–water partition coefficient (Wildman–Crippen LogP) is 1.84. The van der Waals surface area contributed by atoms with Crippen LogP contribution in [0, 0.1) is 11.6 Å². The Labute approximate surface area is 163 Å². The van der Waals surface area contributed by atoms with Gasteiger partial charge in [0, 0.05) is 13.0 Å². The van der Waals surface area contributed by atoms with Crippen LogP contribution in [0.3, 0.4) is 0 Å². The minimum absolute atomic E-state index is 0.0271. The molecule has 0 saturated heterocycles. The van der Waals surface area contributed by atoms with Crippen LogP contribution in [-0.4, -0.2) is 39.6 Å². The van der Waals surface area contributed by atoms with Crippen molar-refractivity contribution in [3.05, 3.63) is 71.3 Å². The monoisotopic (exact) mass is 398 g/mol. The van der Waals surface area contributed by atoms with E-state index in [0.717, 1.165) is 0 Å². The number of aromatic nitrogens is 3. The van der Waals surface area contributed by atoms with E-state index in [2.05, 4.69) is 31.1 Å². The Hall–Kier alpha value is -3.82. The lowest BCUT2D eigenvalue weighted by atomic mass is 10.1. The number of nitrogens with one attached hydrogen (secondary N) is 4. The molecular formula is C19H16F2N6O2. The van der Waals surface area contributed by atoms with E-state index < -0.39 is 23.7 Å². The van der Waals surface area contributed by atoms with Crippen LogP contribution in [-0.2, 0) is 11.2 Å². The van der Waals surface area contributed by atoms with E-state index in [9.17, 15) is 18.4 Å². The lowest BCUT2D eigenvalue weighted by Gasteiger charge is -2.14. The van der Waals surface area contributed by atoms with Crippen molar-refractivity contribution in [1.29, 1.82) is 0 Å². The van der Waals surface area contributed by atoms with Gasteiger partial charge in [-0.1, -0.05) is 24.3 Å². The van der Waals surface area contributed by atoms with E-state index in [4.69, 9.17) is 0 Å². The number of amides is 2. The first-order valence-corrected chi connectivity index (χ1v) is 8.80. The lowest BCUT2D eigenvalue weighted by Crippen LogP contribution is -2.47. The van der Waals surface area contributed by atoms with Crippen LogP contribution in [0.15, 0.2) is 42.5 Å². The molecule has 1 aliphatic rings. The van der Waals surface area contributed by atoms with Crippen molar-refractivity contribution < 1.29 is 18.4 Å². The van der Waals surface area contributed by atoms with Gasteiger partial charge < -0.3 is 16.0 Å². The highest BCUT2D eigenvalue weighted by molar-refractivity contribution is 6.02. The third-order valence-corrected chi connectivity index (χ3v) is 4.43. The minimum Gasteiger partial charge on any atom is -0.381 e. The number of H-pyrrole nitrogens is 1. The summed E-state index contributed by atoms with van der Waals surface area (Å²) in [4.78, 5) is 28.8. The number of nitrogens with zero attached hydrogens (tertiary/aromatic N) is 2. The van der Waals surface area contributed by atoms with Crippen LogP contribution in [0.5, 0.6) is 0 Å². The Morgan fingerprint density at radius 3 is 2.76 bits per heavy atom. The number of benzene rings is 2. The molecule has 2 heterocycles. The van der Waals surface area contributed by atoms with E-state index in [-0.39, 0.29) is 30.3 Å². The number of anilines is 2. The SMILES string of the molecule is O=C(N[C@H]1CNc2cccc(F)c2NC1=O)c1n[nH]c(Cc2ccccc2F)n1. The standard InChI is InChI=1S/C19H16F2N6O2/c20-11-5-2-1-4-10(11)8-15-24-17(27-26-15)19(29)23-14-9-22-13-7-3-6-12(21)16(13)25-18(14)28/h1-7,14,22H,8-9H2,(H,23,29)(H,25,28)(H,24,26,27)/t14-/m0/s1. The summed E-state index contributed by atoms with van der Waals surface area (Å²) in [6.07, 6.45) is 0.132. The van der Waals surface area contributed by atoms with Crippen molar-refractivity contribution in [2.75, 3.05) is 17.2 Å². The highest BCUT2D eigenvalue weighted by atomic mass is 19.1. The molecule has 1 aromatic heterocycles. The van der Waals surface area contributed by atoms with Crippen molar-refractivity contribution >= 4 is 23.2 Å². The van der Waals surface area contributed by atoms with Gasteiger partial charge in [-0.05, 0) is 23.8 Å². The number of para-hydroxylation sites is 1. The van der Waals surface area contributed by atoms with Crippen LogP contribution in [0.25, 0.3) is 0 Å². The molecule has 1 aliphatic heterocycles. The molecule has 0 unspecified atom stereocenters. The van der Waals surface area contributed by atoms with E-state index in [1.807, 2.05) is 0 Å². The zero-order valence-electron chi connectivity index (χ0n) is 15.0. The number of halogens is 2. The summed E-state index contributed by atoms with van der Waals surface area (Å²) in [5.74, 6) is -2.11. The van der Waals surface area contributed by atoms with Gasteiger partial charge in [-0.25, -0.2) is 13.8 Å². The van der Waals surface area contributed by atoms with Crippen molar-refractivity contribution in [2.45, 2.75) is 12.5 Å². The van der Waals surface area contributed by atoms with Gasteiger partial charge in [-0.3, -0.25) is 14.7 Å². The van der Waals surface area contributed by atoms with E-state index in [1.165, 1.54) is 18.2 Å². The third kappa shape index (κ3) is 3.91. The molecule has 0 aliphatic carbocycles. The van der Waals surface area contributed by atoms with Gasteiger partial charge in [-0.2, -0.15) is 0 Å². The van der Waals surface area contributed by atoms with Crippen LogP contribution < -0.4 is 16.0 Å². The average molecular weight is 398 g/mol. The zero-order chi connectivity index (χ0) is 20.4. The number of hydrogen-bond acceptors (Lipinski definition) is 5. The second kappa shape index (κ2) is 7.66. The first-order valence-electron chi connectivity index (χ1n) is 8.80. The van der Waals surface area contributed by atoms with E-state index in [0.29, 0.717) is 17.1 Å². The van der Waals surface area contributed by atoms with Gasteiger partial charge in [-0.15, -0.1) is 5.10 Å². The van der Waals surface area contributed by atoms with Crippen LogP contribution in [0.4, 0.5) is 20.2 Å². The molecule has 1 atom stereocenters. The quantitative estimate of drug-likeness (QED) is 0.536. The molecule has 4 rings (SSSR count). The molecule has 2 aromatic carbocycles. The Morgan fingerprint density at radius 1 is 1.14 bits per heavy atom. The first kappa shape index (κ1) is 18.5. The van der Waals surface area contributed by atoms with Crippen LogP contribution >= 0.6 is 0 Å². The van der Waals surface area contributed by atoms with Gasteiger partial charge in [0.2, 0.25) is 11.7 Å². The van der Waals surface area contributed by atoms with E-state index in [1.54, 1.807) is 24.3 Å². The fourth-order valence-electron chi connectivity index (χ4n) is 2.95. The molecule has 4 N–H and O–H groups in total. The fraction of sp³-hybridized carbons (Fsp3) is 0.158. The Morgan fingerprint density at radius 2 is 1.93 bits per heavy atom. The largest absolute Gasteiger partial charge is 0.381 e. The molecule has 3 aromatic rings. The molecule has 29 heavy (non-hydrogen) atoms. The minimum atomic E-state index is -0.970. The fourth-order valence-corrected chi connectivity index (χ4v) is 2.95. The van der Waals surface area contributed by atoms with Crippen molar-refractivity contribution in [3.63, 3.8) is 0 Å². The maximum absolute atomic E-state index is 13.9. The van der Waals surface area contributed by atoms with Crippen LogP contribution in [0.2, 0.25) is 0 Å². The van der Waals surface area contributed by atoms with Crippen molar-refractivity contribution in [1.82, 2.24) is 20.5 Å². The third-order valence-electron chi connectivity index (χ3n) is 4.43. The number of fused-ring (bicyclic) bond motifs is 1. The maximum atomic E-state index is 13.9. The highest BCUT2D eigenvalue weighted by Gasteiger charge is 2.28.